The molecule has 1 saturated heterocycles. The molecule has 0 saturated carbocycles. The monoisotopic (exact) mass is 267 g/mol. The number of hydrogen-bond acceptors (Lipinski definition) is 5. The van der Waals surface area contributed by atoms with Crippen LogP contribution in [0.2, 0.25) is 0 Å². The maximum atomic E-state index is 5.59. The number of aromatic nitrogens is 2. The Morgan fingerprint density at radius 3 is 2.84 bits per heavy atom. The van der Waals surface area contributed by atoms with E-state index in [9.17, 15) is 0 Å². The Labute approximate surface area is 115 Å². The Morgan fingerprint density at radius 1 is 1.37 bits per heavy atom. The van der Waals surface area contributed by atoms with E-state index < -0.39 is 0 Å². The number of rotatable bonds is 7. The van der Waals surface area contributed by atoms with Crippen LogP contribution in [0.3, 0.4) is 0 Å². The van der Waals surface area contributed by atoms with E-state index in [2.05, 4.69) is 22.4 Å². The van der Waals surface area contributed by atoms with E-state index in [0.717, 1.165) is 44.2 Å². The fourth-order valence-electron chi connectivity index (χ4n) is 2.57. The molecule has 108 valence electrons. The zero-order valence-corrected chi connectivity index (χ0v) is 12.0. The van der Waals surface area contributed by atoms with Gasteiger partial charge in [-0.2, -0.15) is 4.98 Å². The van der Waals surface area contributed by atoms with Crippen molar-refractivity contribution in [1.82, 2.24) is 15.5 Å². The Morgan fingerprint density at radius 2 is 2.16 bits per heavy atom. The second-order valence-electron chi connectivity index (χ2n) is 5.13. The van der Waals surface area contributed by atoms with E-state index in [1.165, 1.54) is 12.8 Å². The number of aryl methyl sites for hydroxylation is 1. The summed E-state index contributed by atoms with van der Waals surface area (Å²) in [5, 5.41) is 7.43. The minimum absolute atomic E-state index is 0.0265. The third-order valence-electron chi connectivity index (χ3n) is 3.74. The standard InChI is InChI=1S/C14H25N3O2/c1-3-12(18-4-2)14-16-13(19-17-14)6-5-11-7-9-15-10-8-11/h11-12,15H,3-10H2,1-2H3. The van der Waals surface area contributed by atoms with Crippen LogP contribution in [0.25, 0.3) is 0 Å². The summed E-state index contributed by atoms with van der Waals surface area (Å²) in [4.78, 5) is 4.47. The van der Waals surface area contributed by atoms with Crippen molar-refractivity contribution in [3.63, 3.8) is 0 Å². The molecule has 0 amide bonds. The zero-order chi connectivity index (χ0) is 13.5. The molecular weight excluding hydrogens is 242 g/mol. The molecule has 0 radical (unpaired) electrons. The quantitative estimate of drug-likeness (QED) is 0.822. The highest BCUT2D eigenvalue weighted by Gasteiger charge is 2.18. The van der Waals surface area contributed by atoms with Crippen LogP contribution < -0.4 is 5.32 Å². The van der Waals surface area contributed by atoms with Gasteiger partial charge in [0.2, 0.25) is 11.7 Å². The molecule has 2 rings (SSSR count). The largest absolute Gasteiger partial charge is 0.370 e. The van der Waals surface area contributed by atoms with Gasteiger partial charge in [0.15, 0.2) is 0 Å². The lowest BCUT2D eigenvalue weighted by molar-refractivity contribution is 0.0518. The van der Waals surface area contributed by atoms with Gasteiger partial charge in [0, 0.05) is 13.0 Å². The fourth-order valence-corrected chi connectivity index (χ4v) is 2.57. The van der Waals surface area contributed by atoms with Crippen LogP contribution in [0.15, 0.2) is 4.52 Å². The second-order valence-corrected chi connectivity index (χ2v) is 5.13. The van der Waals surface area contributed by atoms with Crippen LogP contribution in [-0.4, -0.2) is 29.8 Å². The Hall–Kier alpha value is -0.940. The highest BCUT2D eigenvalue weighted by atomic mass is 16.5. The molecule has 0 bridgehead atoms. The molecule has 5 heteroatoms. The third kappa shape index (κ3) is 4.28. The van der Waals surface area contributed by atoms with Gasteiger partial charge in [0.05, 0.1) is 0 Å². The van der Waals surface area contributed by atoms with Gasteiger partial charge in [-0.05, 0) is 51.6 Å². The van der Waals surface area contributed by atoms with E-state index >= 15 is 0 Å². The lowest BCUT2D eigenvalue weighted by Crippen LogP contribution is -2.27. The van der Waals surface area contributed by atoms with Crippen molar-refractivity contribution in [3.05, 3.63) is 11.7 Å². The summed E-state index contributed by atoms with van der Waals surface area (Å²) in [5.74, 6) is 2.25. The van der Waals surface area contributed by atoms with E-state index in [1.54, 1.807) is 0 Å². The van der Waals surface area contributed by atoms with E-state index in [4.69, 9.17) is 9.26 Å². The summed E-state index contributed by atoms with van der Waals surface area (Å²) in [6.07, 6.45) is 5.41. The van der Waals surface area contributed by atoms with Gasteiger partial charge in [-0.1, -0.05) is 12.1 Å². The van der Waals surface area contributed by atoms with Crippen LogP contribution in [0.5, 0.6) is 0 Å². The molecule has 2 heterocycles. The summed E-state index contributed by atoms with van der Waals surface area (Å²) in [6, 6.07) is 0. The summed E-state index contributed by atoms with van der Waals surface area (Å²) in [6.45, 7) is 7.02. The third-order valence-corrected chi connectivity index (χ3v) is 3.74. The summed E-state index contributed by atoms with van der Waals surface area (Å²) < 4.78 is 10.9. The summed E-state index contributed by atoms with van der Waals surface area (Å²) >= 11 is 0. The van der Waals surface area contributed by atoms with E-state index in [-0.39, 0.29) is 6.10 Å². The number of nitrogens with one attached hydrogen (secondary N) is 1. The summed E-state index contributed by atoms with van der Waals surface area (Å²) in [7, 11) is 0. The maximum absolute atomic E-state index is 5.59. The normalized spacial score (nSPS) is 18.6. The number of hydrogen-bond donors (Lipinski definition) is 1. The average Bonchev–Trinajstić information content (AvgIpc) is 2.92. The molecule has 1 fully saturated rings. The van der Waals surface area contributed by atoms with Crippen molar-refractivity contribution in [1.29, 1.82) is 0 Å². The first kappa shape index (κ1) is 14.5. The molecular formula is C14H25N3O2. The van der Waals surface area contributed by atoms with Gasteiger partial charge >= 0.3 is 0 Å². The van der Waals surface area contributed by atoms with Gasteiger partial charge in [0.1, 0.15) is 6.10 Å². The van der Waals surface area contributed by atoms with E-state index in [1.807, 2.05) is 6.92 Å². The minimum atomic E-state index is -0.0265. The highest BCUT2D eigenvalue weighted by Crippen LogP contribution is 2.21. The highest BCUT2D eigenvalue weighted by molar-refractivity contribution is 4.91. The van der Waals surface area contributed by atoms with Crippen molar-refractivity contribution in [2.45, 2.75) is 52.1 Å². The fraction of sp³-hybridized carbons (Fsp3) is 0.857. The molecule has 1 aliphatic rings. The molecule has 1 N–H and O–H groups in total. The molecule has 1 aliphatic heterocycles. The first-order chi connectivity index (χ1) is 9.33. The van der Waals surface area contributed by atoms with Crippen LogP contribution in [-0.2, 0) is 11.2 Å². The number of piperidine rings is 1. The van der Waals surface area contributed by atoms with Crippen LogP contribution in [0.4, 0.5) is 0 Å². The maximum Gasteiger partial charge on any atom is 0.226 e. The van der Waals surface area contributed by atoms with Crippen molar-refractivity contribution >= 4 is 0 Å². The van der Waals surface area contributed by atoms with Crippen molar-refractivity contribution in [2.24, 2.45) is 5.92 Å². The molecule has 1 atom stereocenters. The Kier molecular flexibility index (Phi) is 5.79. The first-order valence-electron chi connectivity index (χ1n) is 7.48. The van der Waals surface area contributed by atoms with Gasteiger partial charge in [0.25, 0.3) is 0 Å². The predicted octanol–water partition coefficient (Wildman–Crippen LogP) is 2.49. The zero-order valence-electron chi connectivity index (χ0n) is 12.0. The lowest BCUT2D eigenvalue weighted by atomic mass is 9.93. The molecule has 0 aliphatic carbocycles. The van der Waals surface area contributed by atoms with Gasteiger partial charge in [-0.3, -0.25) is 0 Å². The van der Waals surface area contributed by atoms with Gasteiger partial charge < -0.3 is 14.6 Å². The second kappa shape index (κ2) is 7.60. The number of ether oxygens (including phenoxy) is 1. The number of nitrogens with zero attached hydrogens (tertiary/aromatic N) is 2. The van der Waals surface area contributed by atoms with Crippen molar-refractivity contribution in [2.75, 3.05) is 19.7 Å². The smallest absolute Gasteiger partial charge is 0.226 e. The molecule has 0 spiro atoms. The van der Waals surface area contributed by atoms with Crippen molar-refractivity contribution in [3.8, 4) is 0 Å². The van der Waals surface area contributed by atoms with Gasteiger partial charge in [-0.15, -0.1) is 0 Å². The molecule has 1 aromatic rings. The van der Waals surface area contributed by atoms with Crippen LogP contribution >= 0.6 is 0 Å². The summed E-state index contributed by atoms with van der Waals surface area (Å²) in [5.41, 5.74) is 0. The van der Waals surface area contributed by atoms with Crippen molar-refractivity contribution < 1.29 is 9.26 Å². The Bertz CT molecular complexity index is 361. The first-order valence-corrected chi connectivity index (χ1v) is 7.48. The topological polar surface area (TPSA) is 60.2 Å². The molecule has 0 aromatic carbocycles. The van der Waals surface area contributed by atoms with Crippen LogP contribution in [0, 0.1) is 5.92 Å². The van der Waals surface area contributed by atoms with E-state index in [0.29, 0.717) is 12.4 Å². The van der Waals surface area contributed by atoms with Gasteiger partial charge in [-0.25, -0.2) is 0 Å². The molecule has 19 heavy (non-hydrogen) atoms. The molecule has 1 unspecified atom stereocenters. The molecule has 5 nitrogen and oxygen atoms in total. The van der Waals surface area contributed by atoms with Crippen LogP contribution in [0.1, 0.15) is 57.3 Å². The minimum Gasteiger partial charge on any atom is -0.370 e. The molecule has 1 aromatic heterocycles. The Balaban J connectivity index is 1.82. The SMILES string of the molecule is CCOC(CC)c1noc(CCC2CCNCC2)n1. The lowest BCUT2D eigenvalue weighted by Gasteiger charge is -2.21. The average molecular weight is 267 g/mol. The predicted molar refractivity (Wildman–Crippen MR) is 72.9 cm³/mol.